The summed E-state index contributed by atoms with van der Waals surface area (Å²) in [5.74, 6) is 0. The summed E-state index contributed by atoms with van der Waals surface area (Å²) in [5, 5.41) is 0. The van der Waals surface area contributed by atoms with Crippen LogP contribution in [0.2, 0.25) is 0 Å². The standard InChI is InChI=1S/2C3H9N.C2H6O4S.H2O4S/c2*1-4(2)3;1-5-7(3,4)6-2;1-5(2,3)4/h2*1-3H3;1-2H3;(H2,1,2,3,4). The molecule has 0 aliphatic carbocycles. The number of hydrogen-bond donors (Lipinski definition) is 2. The highest BCUT2D eigenvalue weighted by Crippen LogP contribution is 1.85. The molecule has 0 unspecified atom stereocenters. The van der Waals surface area contributed by atoms with E-state index in [1.807, 2.05) is 52.1 Å². The summed E-state index contributed by atoms with van der Waals surface area (Å²) in [6.45, 7) is 0. The lowest BCUT2D eigenvalue weighted by Gasteiger charge is -1.91. The van der Waals surface area contributed by atoms with E-state index in [9.17, 15) is 8.42 Å². The Kier molecular flexibility index (Phi) is 21.0. The molecule has 0 aliphatic rings. The summed E-state index contributed by atoms with van der Waals surface area (Å²) < 4.78 is 59.1. The SMILES string of the molecule is CN(C)C.CN(C)C.COS(=O)(=O)OC.O=S(=O)(O)O. The minimum atomic E-state index is -4.67. The molecule has 0 rings (SSSR count). The molecule has 20 heavy (non-hydrogen) atoms. The van der Waals surface area contributed by atoms with Gasteiger partial charge in [0.25, 0.3) is 0 Å². The molecule has 0 aromatic heterocycles. The van der Waals surface area contributed by atoms with E-state index in [2.05, 4.69) is 8.37 Å². The number of nitrogens with zero attached hydrogens (tertiary/aromatic N) is 2. The third kappa shape index (κ3) is 153. The van der Waals surface area contributed by atoms with E-state index in [0.717, 1.165) is 14.2 Å². The van der Waals surface area contributed by atoms with Crippen molar-refractivity contribution < 1.29 is 34.3 Å². The Morgan fingerprint density at radius 3 is 0.800 bits per heavy atom. The Hall–Kier alpha value is -0.340. The Balaban J connectivity index is -0.0000000883. The molecule has 0 aromatic carbocycles. The number of hydrogen-bond acceptors (Lipinski definition) is 8. The second-order valence-corrected chi connectivity index (χ2v) is 6.25. The molecule has 0 saturated heterocycles. The first-order valence-electron chi connectivity index (χ1n) is 4.86. The van der Waals surface area contributed by atoms with Gasteiger partial charge in [0, 0.05) is 0 Å². The predicted octanol–water partition coefficient (Wildman–Crippen LogP) is -0.773. The lowest BCUT2D eigenvalue weighted by atomic mass is 11.0. The van der Waals surface area contributed by atoms with E-state index in [1.165, 1.54) is 0 Å². The van der Waals surface area contributed by atoms with Crippen LogP contribution in [0.1, 0.15) is 0 Å². The Morgan fingerprint density at radius 2 is 0.800 bits per heavy atom. The minimum absolute atomic E-state index is 1.03. The van der Waals surface area contributed by atoms with Crippen molar-refractivity contribution in [1.29, 1.82) is 0 Å². The maximum absolute atomic E-state index is 9.92. The van der Waals surface area contributed by atoms with Crippen LogP contribution in [0.25, 0.3) is 0 Å². The van der Waals surface area contributed by atoms with Gasteiger partial charge in [-0.2, -0.15) is 16.8 Å². The van der Waals surface area contributed by atoms with Gasteiger partial charge in [0.1, 0.15) is 0 Å². The van der Waals surface area contributed by atoms with Gasteiger partial charge in [0.05, 0.1) is 14.2 Å². The van der Waals surface area contributed by atoms with Gasteiger partial charge in [-0.15, -0.1) is 0 Å². The van der Waals surface area contributed by atoms with Crippen molar-refractivity contribution in [2.24, 2.45) is 0 Å². The highest BCUT2D eigenvalue weighted by molar-refractivity contribution is 7.81. The van der Waals surface area contributed by atoms with Gasteiger partial charge in [-0.3, -0.25) is 17.5 Å². The molecule has 0 spiro atoms. The summed E-state index contributed by atoms with van der Waals surface area (Å²) in [4.78, 5) is 4.00. The Labute approximate surface area is 122 Å². The molecule has 2 N–H and O–H groups in total. The highest BCUT2D eigenvalue weighted by Gasteiger charge is 2.01. The molecule has 10 nitrogen and oxygen atoms in total. The van der Waals surface area contributed by atoms with Crippen molar-refractivity contribution in [2.45, 2.75) is 0 Å². The van der Waals surface area contributed by atoms with Crippen molar-refractivity contribution in [3.8, 4) is 0 Å². The average molecular weight is 342 g/mol. The molecule has 128 valence electrons. The van der Waals surface area contributed by atoms with Crippen molar-refractivity contribution in [2.75, 3.05) is 56.5 Å². The van der Waals surface area contributed by atoms with Gasteiger partial charge in [-0.05, 0) is 42.3 Å². The summed E-state index contributed by atoms with van der Waals surface area (Å²) in [6, 6.07) is 0. The molecule has 0 radical (unpaired) electrons. The van der Waals surface area contributed by atoms with Gasteiger partial charge >= 0.3 is 20.8 Å². The normalized spacial score (nSPS) is 10.6. The Morgan fingerprint density at radius 1 is 0.700 bits per heavy atom. The minimum Gasteiger partial charge on any atom is -0.312 e. The molecule has 0 amide bonds. The topological polar surface area (TPSA) is 134 Å². The lowest BCUT2D eigenvalue weighted by molar-refractivity contribution is 0.286. The molecule has 0 atom stereocenters. The molecular formula is C8H26N2O8S2. The van der Waals surface area contributed by atoms with Crippen LogP contribution in [0.3, 0.4) is 0 Å². The summed E-state index contributed by atoms with van der Waals surface area (Å²) in [7, 11) is 5.73. The fraction of sp³-hybridized carbons (Fsp3) is 1.00. The van der Waals surface area contributed by atoms with Crippen LogP contribution < -0.4 is 0 Å². The van der Waals surface area contributed by atoms with Crippen molar-refractivity contribution in [3.63, 3.8) is 0 Å². The van der Waals surface area contributed by atoms with Crippen LogP contribution in [0.4, 0.5) is 0 Å². The summed E-state index contributed by atoms with van der Waals surface area (Å²) in [5.41, 5.74) is 0. The average Bonchev–Trinajstić information content (AvgIpc) is 2.13. The van der Waals surface area contributed by atoms with Crippen molar-refractivity contribution >= 4 is 20.8 Å². The molecule has 0 bridgehead atoms. The highest BCUT2D eigenvalue weighted by atomic mass is 32.3. The van der Waals surface area contributed by atoms with Crippen LogP contribution in [0.5, 0.6) is 0 Å². The quantitative estimate of drug-likeness (QED) is 0.616. The van der Waals surface area contributed by atoms with E-state index in [0.29, 0.717) is 0 Å². The second kappa shape index (κ2) is 15.1. The summed E-state index contributed by atoms with van der Waals surface area (Å²) >= 11 is 0. The molecule has 0 heterocycles. The maximum Gasteiger partial charge on any atom is 0.399 e. The van der Waals surface area contributed by atoms with Crippen LogP contribution in [0, 0.1) is 0 Å². The van der Waals surface area contributed by atoms with Gasteiger partial charge < -0.3 is 9.80 Å². The van der Waals surface area contributed by atoms with Crippen molar-refractivity contribution in [1.82, 2.24) is 9.80 Å². The van der Waals surface area contributed by atoms with E-state index >= 15 is 0 Å². The molecule has 0 saturated carbocycles. The largest absolute Gasteiger partial charge is 0.399 e. The molecule has 0 aromatic rings. The molecular weight excluding hydrogens is 316 g/mol. The van der Waals surface area contributed by atoms with Crippen LogP contribution in [0.15, 0.2) is 0 Å². The van der Waals surface area contributed by atoms with Crippen LogP contribution in [-0.4, -0.2) is 92.2 Å². The van der Waals surface area contributed by atoms with Crippen molar-refractivity contribution in [3.05, 3.63) is 0 Å². The lowest BCUT2D eigenvalue weighted by Crippen LogP contribution is -2.02. The van der Waals surface area contributed by atoms with Gasteiger partial charge in [-0.1, -0.05) is 0 Å². The third-order valence-electron chi connectivity index (χ3n) is 0.408. The van der Waals surface area contributed by atoms with E-state index in [4.69, 9.17) is 17.5 Å². The smallest absolute Gasteiger partial charge is 0.312 e. The Bertz CT molecular complexity index is 348. The van der Waals surface area contributed by atoms with Gasteiger partial charge in [-0.25, -0.2) is 0 Å². The van der Waals surface area contributed by atoms with Gasteiger partial charge in [0.15, 0.2) is 0 Å². The fourth-order valence-corrected chi connectivity index (χ4v) is 0.204. The first-order chi connectivity index (χ1) is 8.59. The second-order valence-electron chi connectivity index (χ2n) is 3.87. The van der Waals surface area contributed by atoms with Crippen LogP contribution >= 0.6 is 0 Å². The first-order valence-corrected chi connectivity index (χ1v) is 7.60. The van der Waals surface area contributed by atoms with E-state index < -0.39 is 20.8 Å². The zero-order chi connectivity index (χ0) is 17.6. The zero-order valence-corrected chi connectivity index (χ0v) is 14.7. The predicted molar refractivity (Wildman–Crippen MR) is 76.3 cm³/mol. The molecule has 12 heteroatoms. The van der Waals surface area contributed by atoms with Gasteiger partial charge in [0.2, 0.25) is 0 Å². The van der Waals surface area contributed by atoms with E-state index in [-0.39, 0.29) is 0 Å². The molecule has 0 aliphatic heterocycles. The molecule has 0 fully saturated rings. The maximum atomic E-state index is 9.92. The first kappa shape index (κ1) is 27.9. The zero-order valence-electron chi connectivity index (χ0n) is 13.1. The number of rotatable bonds is 2. The fourth-order valence-electron chi connectivity index (χ4n) is 0.0680. The third-order valence-corrected chi connectivity index (χ3v) is 1.22. The summed E-state index contributed by atoms with van der Waals surface area (Å²) in [6.07, 6.45) is 0. The van der Waals surface area contributed by atoms with Crippen LogP contribution in [-0.2, 0) is 29.2 Å². The monoisotopic (exact) mass is 342 g/mol. The van der Waals surface area contributed by atoms with E-state index in [1.54, 1.807) is 0 Å².